The van der Waals surface area contributed by atoms with Gasteiger partial charge in [0.2, 0.25) is 0 Å². The summed E-state index contributed by atoms with van der Waals surface area (Å²) in [5.41, 5.74) is 0.578. The third-order valence-electron chi connectivity index (χ3n) is 3.04. The molecule has 2 atom stereocenters. The van der Waals surface area contributed by atoms with Crippen molar-refractivity contribution in [3.05, 3.63) is 22.6 Å². The summed E-state index contributed by atoms with van der Waals surface area (Å²) in [5.74, 6) is 0.536. The quantitative estimate of drug-likeness (QED) is 0.899. The van der Waals surface area contributed by atoms with Gasteiger partial charge in [-0.3, -0.25) is 4.79 Å². The molecule has 1 heterocycles. The van der Waals surface area contributed by atoms with Crippen LogP contribution in [-0.4, -0.2) is 11.9 Å². The van der Waals surface area contributed by atoms with Crippen LogP contribution in [0, 0.1) is 5.92 Å². The zero-order valence-electron chi connectivity index (χ0n) is 8.63. The molecule has 0 aromatic carbocycles. The van der Waals surface area contributed by atoms with Crippen LogP contribution in [0.4, 0.5) is 0 Å². The van der Waals surface area contributed by atoms with E-state index in [1.807, 2.05) is 0 Å². The van der Waals surface area contributed by atoms with Crippen LogP contribution >= 0.6 is 15.9 Å². The van der Waals surface area contributed by atoms with Crippen molar-refractivity contribution in [2.45, 2.75) is 32.2 Å². The Balaban J connectivity index is 2.01. The molecular formula is C11H14BrNO2. The highest BCUT2D eigenvalue weighted by molar-refractivity contribution is 9.10. The SMILES string of the molecule is CC1CCCC1NC(=O)c1ccoc1Br. The number of carbonyl (C=O) groups excluding carboxylic acids is 1. The first-order chi connectivity index (χ1) is 7.18. The van der Waals surface area contributed by atoms with Gasteiger partial charge in [0.1, 0.15) is 0 Å². The second-order valence-electron chi connectivity index (χ2n) is 4.10. The lowest BCUT2D eigenvalue weighted by Gasteiger charge is -2.16. The van der Waals surface area contributed by atoms with Crippen LogP contribution in [0.1, 0.15) is 36.5 Å². The number of halogens is 1. The monoisotopic (exact) mass is 271 g/mol. The average Bonchev–Trinajstić information content (AvgIpc) is 2.76. The van der Waals surface area contributed by atoms with Gasteiger partial charge in [-0.2, -0.15) is 0 Å². The number of carbonyl (C=O) groups is 1. The Morgan fingerprint density at radius 2 is 2.40 bits per heavy atom. The number of rotatable bonds is 2. The van der Waals surface area contributed by atoms with E-state index in [2.05, 4.69) is 28.2 Å². The highest BCUT2D eigenvalue weighted by Crippen LogP contribution is 2.25. The molecule has 82 valence electrons. The Morgan fingerprint density at radius 3 is 2.93 bits per heavy atom. The van der Waals surface area contributed by atoms with Crippen LogP contribution in [-0.2, 0) is 0 Å². The Hall–Kier alpha value is -0.770. The molecular weight excluding hydrogens is 258 g/mol. The third kappa shape index (κ3) is 2.25. The van der Waals surface area contributed by atoms with E-state index in [1.165, 1.54) is 19.1 Å². The Kier molecular flexibility index (Phi) is 3.14. The van der Waals surface area contributed by atoms with Gasteiger partial charge >= 0.3 is 0 Å². The van der Waals surface area contributed by atoms with Crippen LogP contribution in [0.5, 0.6) is 0 Å². The molecule has 1 aliphatic rings. The standard InChI is InChI=1S/C11H14BrNO2/c1-7-3-2-4-9(7)13-11(14)8-5-6-15-10(8)12/h5-7,9H,2-4H2,1H3,(H,13,14). The predicted octanol–water partition coefficient (Wildman–Crippen LogP) is 2.96. The molecule has 0 saturated heterocycles. The maximum absolute atomic E-state index is 11.8. The average molecular weight is 272 g/mol. The minimum atomic E-state index is -0.0469. The molecule has 3 nitrogen and oxygen atoms in total. The summed E-state index contributed by atoms with van der Waals surface area (Å²) in [6.45, 7) is 2.18. The lowest BCUT2D eigenvalue weighted by molar-refractivity contribution is 0.0928. The summed E-state index contributed by atoms with van der Waals surface area (Å²) in [4.78, 5) is 11.8. The highest BCUT2D eigenvalue weighted by Gasteiger charge is 2.26. The van der Waals surface area contributed by atoms with Gasteiger partial charge in [-0.25, -0.2) is 0 Å². The van der Waals surface area contributed by atoms with Crippen molar-refractivity contribution in [3.8, 4) is 0 Å². The zero-order valence-corrected chi connectivity index (χ0v) is 10.2. The Bertz CT molecular complexity index is 361. The fourth-order valence-corrected chi connectivity index (χ4v) is 2.48. The predicted molar refractivity (Wildman–Crippen MR) is 60.7 cm³/mol. The molecule has 1 saturated carbocycles. The van der Waals surface area contributed by atoms with Crippen LogP contribution in [0.25, 0.3) is 0 Å². The third-order valence-corrected chi connectivity index (χ3v) is 3.65. The molecule has 1 aromatic heterocycles. The van der Waals surface area contributed by atoms with Gasteiger partial charge in [0, 0.05) is 6.04 Å². The molecule has 0 spiro atoms. The minimum Gasteiger partial charge on any atom is -0.457 e. The van der Waals surface area contributed by atoms with Crippen LogP contribution < -0.4 is 5.32 Å². The van der Waals surface area contributed by atoms with E-state index >= 15 is 0 Å². The first-order valence-electron chi connectivity index (χ1n) is 5.22. The van der Waals surface area contributed by atoms with Crippen molar-refractivity contribution in [3.63, 3.8) is 0 Å². The van der Waals surface area contributed by atoms with Gasteiger partial charge in [-0.15, -0.1) is 0 Å². The van der Waals surface area contributed by atoms with E-state index in [0.29, 0.717) is 22.2 Å². The number of furan rings is 1. The van der Waals surface area contributed by atoms with Gasteiger partial charge in [-0.05, 0) is 40.8 Å². The highest BCUT2D eigenvalue weighted by atomic mass is 79.9. The van der Waals surface area contributed by atoms with Gasteiger partial charge in [0.15, 0.2) is 4.67 Å². The smallest absolute Gasteiger partial charge is 0.255 e. The molecule has 0 aliphatic heterocycles. The molecule has 0 radical (unpaired) electrons. The van der Waals surface area contributed by atoms with Crippen molar-refractivity contribution in [1.29, 1.82) is 0 Å². The van der Waals surface area contributed by atoms with Crippen molar-refractivity contribution >= 4 is 21.8 Å². The minimum absolute atomic E-state index is 0.0469. The summed E-state index contributed by atoms with van der Waals surface area (Å²) < 4.78 is 5.54. The summed E-state index contributed by atoms with van der Waals surface area (Å²) in [7, 11) is 0. The second-order valence-corrected chi connectivity index (χ2v) is 4.82. The number of nitrogens with one attached hydrogen (secondary N) is 1. The van der Waals surface area contributed by atoms with E-state index in [4.69, 9.17) is 4.42 Å². The number of hydrogen-bond acceptors (Lipinski definition) is 2. The number of amides is 1. The molecule has 1 amide bonds. The van der Waals surface area contributed by atoms with Crippen molar-refractivity contribution in [1.82, 2.24) is 5.32 Å². The summed E-state index contributed by atoms with van der Waals surface area (Å²) in [6, 6.07) is 2.00. The number of hydrogen-bond donors (Lipinski definition) is 1. The molecule has 1 aromatic rings. The molecule has 2 rings (SSSR count). The van der Waals surface area contributed by atoms with Gasteiger partial charge < -0.3 is 9.73 Å². The maximum Gasteiger partial charge on any atom is 0.255 e. The van der Waals surface area contributed by atoms with Crippen LogP contribution in [0.3, 0.4) is 0 Å². The fraction of sp³-hybridized carbons (Fsp3) is 0.545. The normalized spacial score (nSPS) is 25.5. The molecule has 1 N–H and O–H groups in total. The van der Waals surface area contributed by atoms with Crippen LogP contribution in [0.2, 0.25) is 0 Å². The molecule has 0 bridgehead atoms. The van der Waals surface area contributed by atoms with Crippen molar-refractivity contribution < 1.29 is 9.21 Å². The first-order valence-corrected chi connectivity index (χ1v) is 6.01. The molecule has 1 fully saturated rings. The fourth-order valence-electron chi connectivity index (χ4n) is 2.06. The zero-order chi connectivity index (χ0) is 10.8. The van der Waals surface area contributed by atoms with E-state index in [1.54, 1.807) is 6.07 Å². The van der Waals surface area contributed by atoms with Gasteiger partial charge in [0.05, 0.1) is 11.8 Å². The van der Waals surface area contributed by atoms with Crippen molar-refractivity contribution in [2.24, 2.45) is 5.92 Å². The summed E-state index contributed by atoms with van der Waals surface area (Å²) in [6.07, 6.45) is 5.01. The Morgan fingerprint density at radius 1 is 1.60 bits per heavy atom. The summed E-state index contributed by atoms with van der Waals surface area (Å²) >= 11 is 3.20. The molecule has 1 aliphatic carbocycles. The van der Waals surface area contributed by atoms with Crippen LogP contribution in [0.15, 0.2) is 21.4 Å². The molecule has 15 heavy (non-hydrogen) atoms. The topological polar surface area (TPSA) is 42.2 Å². The lowest BCUT2D eigenvalue weighted by Crippen LogP contribution is -2.36. The first kappa shape index (κ1) is 10.7. The lowest BCUT2D eigenvalue weighted by atomic mass is 10.1. The van der Waals surface area contributed by atoms with E-state index in [0.717, 1.165) is 6.42 Å². The molecule has 4 heteroatoms. The largest absolute Gasteiger partial charge is 0.457 e. The van der Waals surface area contributed by atoms with Gasteiger partial charge in [0.25, 0.3) is 5.91 Å². The maximum atomic E-state index is 11.8. The van der Waals surface area contributed by atoms with E-state index in [-0.39, 0.29) is 5.91 Å². The van der Waals surface area contributed by atoms with Crippen molar-refractivity contribution in [2.75, 3.05) is 0 Å². The Labute approximate surface area is 97.4 Å². The second kappa shape index (κ2) is 4.39. The van der Waals surface area contributed by atoms with Gasteiger partial charge in [-0.1, -0.05) is 13.3 Å². The van der Waals surface area contributed by atoms with E-state index in [9.17, 15) is 4.79 Å². The van der Waals surface area contributed by atoms with E-state index < -0.39 is 0 Å². The summed E-state index contributed by atoms with van der Waals surface area (Å²) in [5, 5.41) is 3.04. The molecule has 2 unspecified atom stereocenters.